The number of carbonyl (C=O) groups is 3. The van der Waals surface area contributed by atoms with Crippen molar-refractivity contribution in [3.05, 3.63) is 45.8 Å². The number of hydrogen-bond donors (Lipinski definition) is 3. The fourth-order valence-corrected chi connectivity index (χ4v) is 3.41. The molecule has 1 aromatic rings. The van der Waals surface area contributed by atoms with Crippen molar-refractivity contribution in [2.75, 3.05) is 13.9 Å². The van der Waals surface area contributed by atoms with Crippen LogP contribution in [0.2, 0.25) is 0 Å². The van der Waals surface area contributed by atoms with E-state index in [-0.39, 0.29) is 46.2 Å². The van der Waals surface area contributed by atoms with Gasteiger partial charge in [0.15, 0.2) is 11.5 Å². The number of nitrogens with one attached hydrogen (secondary N) is 1. The van der Waals surface area contributed by atoms with E-state index in [1.807, 2.05) is 0 Å². The summed E-state index contributed by atoms with van der Waals surface area (Å²) in [7, 11) is 1.17. The van der Waals surface area contributed by atoms with Crippen molar-refractivity contribution in [3.8, 4) is 11.5 Å². The number of esters is 1. The number of carbonyl (C=O) groups excluding carboxylic acids is 1. The number of carboxylic acid groups (broad SMARTS) is 2. The summed E-state index contributed by atoms with van der Waals surface area (Å²) in [6.45, 7) is 2.95. The standard InChI is InChI=1S/C18H17NO8/c1-7-11(16(20)21)13(12(17(22)23)8(2)19-7)9-4-5-10-15(27-6-26-10)14(9)18(24)25-3/h4-5,13,19H,6H2,1-3H3,(H,20,21)(H,22,23). The smallest absolute Gasteiger partial charge is 0.342 e. The summed E-state index contributed by atoms with van der Waals surface area (Å²) < 4.78 is 15.5. The van der Waals surface area contributed by atoms with Crippen LogP contribution in [0.15, 0.2) is 34.7 Å². The normalized spacial score (nSPS) is 16.3. The van der Waals surface area contributed by atoms with Crippen molar-refractivity contribution < 1.29 is 38.8 Å². The second-order valence-electron chi connectivity index (χ2n) is 6.00. The molecule has 0 fully saturated rings. The van der Waals surface area contributed by atoms with Gasteiger partial charge in [-0.25, -0.2) is 14.4 Å². The van der Waals surface area contributed by atoms with E-state index in [1.54, 1.807) is 0 Å². The molecule has 1 aromatic carbocycles. The van der Waals surface area contributed by atoms with Crippen LogP contribution in [0.25, 0.3) is 0 Å². The van der Waals surface area contributed by atoms with Gasteiger partial charge in [0.05, 0.1) is 24.2 Å². The zero-order valence-electron chi connectivity index (χ0n) is 14.8. The first kappa shape index (κ1) is 18.3. The van der Waals surface area contributed by atoms with E-state index in [0.717, 1.165) is 0 Å². The van der Waals surface area contributed by atoms with Gasteiger partial charge >= 0.3 is 17.9 Å². The SMILES string of the molecule is COC(=O)c1c(C2C(C(=O)O)=C(C)NC(C)=C2C(=O)O)ccc2c1OCO2. The van der Waals surface area contributed by atoms with Crippen LogP contribution in [0.1, 0.15) is 35.7 Å². The fraction of sp³-hybridized carbons (Fsp3) is 0.278. The van der Waals surface area contributed by atoms with Gasteiger partial charge in [0, 0.05) is 11.4 Å². The van der Waals surface area contributed by atoms with Crippen LogP contribution in [-0.2, 0) is 14.3 Å². The van der Waals surface area contributed by atoms with Crippen molar-refractivity contribution >= 4 is 17.9 Å². The lowest BCUT2D eigenvalue weighted by Crippen LogP contribution is -2.31. The van der Waals surface area contributed by atoms with Crippen LogP contribution >= 0.6 is 0 Å². The van der Waals surface area contributed by atoms with Gasteiger partial charge in [-0.05, 0) is 25.5 Å². The predicted octanol–water partition coefficient (Wildman–Crippen LogP) is 1.61. The predicted molar refractivity (Wildman–Crippen MR) is 90.5 cm³/mol. The maximum absolute atomic E-state index is 12.5. The number of carboxylic acids is 2. The van der Waals surface area contributed by atoms with Crippen LogP contribution < -0.4 is 14.8 Å². The monoisotopic (exact) mass is 375 g/mol. The average molecular weight is 375 g/mol. The Morgan fingerprint density at radius 2 is 1.67 bits per heavy atom. The van der Waals surface area contributed by atoms with E-state index in [2.05, 4.69) is 5.32 Å². The molecule has 0 aliphatic carbocycles. The molecule has 0 unspecified atom stereocenters. The molecule has 3 N–H and O–H groups in total. The van der Waals surface area contributed by atoms with Crippen LogP contribution in [0.5, 0.6) is 11.5 Å². The third-order valence-corrected chi connectivity index (χ3v) is 4.49. The molecule has 3 rings (SSSR count). The lowest BCUT2D eigenvalue weighted by atomic mass is 9.78. The molecule has 9 nitrogen and oxygen atoms in total. The Hall–Kier alpha value is -3.49. The second-order valence-corrected chi connectivity index (χ2v) is 6.00. The molecule has 2 aliphatic heterocycles. The van der Waals surface area contributed by atoms with E-state index in [0.29, 0.717) is 5.75 Å². The largest absolute Gasteiger partial charge is 0.478 e. The second kappa shape index (κ2) is 6.67. The number of ether oxygens (including phenoxy) is 3. The molecule has 9 heteroatoms. The molecular weight excluding hydrogens is 358 g/mol. The molecule has 0 spiro atoms. The maximum atomic E-state index is 12.5. The molecular formula is C18H17NO8. The number of rotatable bonds is 4. The fourth-order valence-electron chi connectivity index (χ4n) is 3.41. The highest BCUT2D eigenvalue weighted by atomic mass is 16.7. The van der Waals surface area contributed by atoms with Gasteiger partial charge < -0.3 is 29.7 Å². The number of aliphatic carboxylic acids is 2. The topological polar surface area (TPSA) is 131 Å². The number of dihydropyridines is 1. The first-order valence-electron chi connectivity index (χ1n) is 7.93. The molecule has 0 saturated carbocycles. The van der Waals surface area contributed by atoms with Crippen LogP contribution in [0.3, 0.4) is 0 Å². The third-order valence-electron chi connectivity index (χ3n) is 4.49. The average Bonchev–Trinajstić information content (AvgIpc) is 3.07. The summed E-state index contributed by atoms with van der Waals surface area (Å²) in [5.41, 5.74) is 0.301. The quantitative estimate of drug-likeness (QED) is 0.671. The molecule has 2 aliphatic rings. The maximum Gasteiger partial charge on any atom is 0.342 e. The molecule has 2 heterocycles. The van der Waals surface area contributed by atoms with Gasteiger partial charge in [0.25, 0.3) is 0 Å². The first-order valence-corrected chi connectivity index (χ1v) is 7.93. The van der Waals surface area contributed by atoms with Gasteiger partial charge in [-0.1, -0.05) is 6.07 Å². The lowest BCUT2D eigenvalue weighted by molar-refractivity contribution is -0.133. The van der Waals surface area contributed by atoms with Crippen molar-refractivity contribution in [3.63, 3.8) is 0 Å². The van der Waals surface area contributed by atoms with E-state index >= 15 is 0 Å². The summed E-state index contributed by atoms with van der Waals surface area (Å²) in [4.78, 5) is 36.3. The molecule has 142 valence electrons. The highest BCUT2D eigenvalue weighted by Gasteiger charge is 2.40. The summed E-state index contributed by atoms with van der Waals surface area (Å²) in [6, 6.07) is 2.97. The molecule has 0 amide bonds. The Labute approximate surface area is 153 Å². The number of allylic oxidation sites excluding steroid dienone is 2. The van der Waals surface area contributed by atoms with E-state index in [1.165, 1.54) is 33.1 Å². The van der Waals surface area contributed by atoms with Crippen molar-refractivity contribution in [2.24, 2.45) is 0 Å². The minimum absolute atomic E-state index is 0.0579. The molecule has 27 heavy (non-hydrogen) atoms. The summed E-state index contributed by atoms with van der Waals surface area (Å²) >= 11 is 0. The number of benzene rings is 1. The van der Waals surface area contributed by atoms with Crippen molar-refractivity contribution in [2.45, 2.75) is 19.8 Å². The van der Waals surface area contributed by atoms with E-state index in [9.17, 15) is 24.6 Å². The molecule has 0 radical (unpaired) electrons. The highest BCUT2D eigenvalue weighted by molar-refractivity contribution is 6.02. The Kier molecular flexibility index (Phi) is 4.52. The van der Waals surface area contributed by atoms with Crippen molar-refractivity contribution in [1.82, 2.24) is 5.32 Å². The Morgan fingerprint density at radius 1 is 1.07 bits per heavy atom. The highest BCUT2D eigenvalue weighted by Crippen LogP contribution is 2.45. The Balaban J connectivity index is 2.35. The van der Waals surface area contributed by atoms with Crippen molar-refractivity contribution in [1.29, 1.82) is 0 Å². The summed E-state index contributed by atoms with van der Waals surface area (Å²) in [5.74, 6) is -4.19. The third kappa shape index (κ3) is 2.86. The minimum atomic E-state index is -1.30. The van der Waals surface area contributed by atoms with Gasteiger partial charge in [-0.2, -0.15) is 0 Å². The van der Waals surface area contributed by atoms with E-state index in [4.69, 9.17) is 14.2 Å². The van der Waals surface area contributed by atoms with Gasteiger partial charge in [-0.15, -0.1) is 0 Å². The van der Waals surface area contributed by atoms with Crippen LogP contribution in [0, 0.1) is 0 Å². The van der Waals surface area contributed by atoms with Gasteiger partial charge in [0.2, 0.25) is 6.79 Å². The summed E-state index contributed by atoms with van der Waals surface area (Å²) in [5, 5.41) is 22.2. The molecule has 0 atom stereocenters. The Bertz CT molecular complexity index is 892. The Morgan fingerprint density at radius 3 is 2.19 bits per heavy atom. The number of fused-ring (bicyclic) bond motifs is 1. The van der Waals surface area contributed by atoms with Crippen LogP contribution in [-0.4, -0.2) is 42.0 Å². The lowest BCUT2D eigenvalue weighted by Gasteiger charge is -2.29. The van der Waals surface area contributed by atoms with Gasteiger partial charge in [-0.3, -0.25) is 0 Å². The molecule has 0 bridgehead atoms. The van der Waals surface area contributed by atoms with E-state index < -0.39 is 23.8 Å². The number of hydrogen-bond acceptors (Lipinski definition) is 7. The first-order chi connectivity index (χ1) is 12.8. The summed E-state index contributed by atoms with van der Waals surface area (Å²) in [6.07, 6.45) is 0. The zero-order chi connectivity index (χ0) is 19.9. The molecule has 0 aromatic heterocycles. The van der Waals surface area contributed by atoms with Gasteiger partial charge in [0.1, 0.15) is 5.56 Å². The molecule has 0 saturated heterocycles. The van der Waals surface area contributed by atoms with Crippen LogP contribution in [0.4, 0.5) is 0 Å². The number of methoxy groups -OCH3 is 1. The minimum Gasteiger partial charge on any atom is -0.478 e. The zero-order valence-corrected chi connectivity index (χ0v) is 14.8.